The standard InChI is InChI=1S/C24H40O5/c1-7-24(5,13-23(2,3)4)22(26)28-12-20-16-8-9-17(20)19-11-15(10-18(16)19)21(25)29-14-27-6/h15-16,18-19,22,26H,7-14H2,1-6H3. The van der Waals surface area contributed by atoms with E-state index < -0.39 is 6.29 Å². The maximum Gasteiger partial charge on any atom is 0.311 e. The van der Waals surface area contributed by atoms with Crippen LogP contribution in [0.15, 0.2) is 11.1 Å². The van der Waals surface area contributed by atoms with Gasteiger partial charge in [-0.2, -0.15) is 0 Å². The molecule has 3 aliphatic carbocycles. The number of carbonyl (C=O) groups excluding carboxylic acids is 1. The molecule has 6 unspecified atom stereocenters. The maximum atomic E-state index is 12.2. The SMILES string of the molecule is CCC(C)(CC(C)(C)C)C(O)OCC1=C2CCC1C1CC(C(=O)OCOC)CC21. The van der Waals surface area contributed by atoms with Gasteiger partial charge < -0.3 is 19.3 Å². The fraction of sp³-hybridized carbons (Fsp3) is 0.875. The molecule has 2 bridgehead atoms. The van der Waals surface area contributed by atoms with E-state index in [2.05, 4.69) is 34.6 Å². The van der Waals surface area contributed by atoms with Crippen molar-refractivity contribution in [3.05, 3.63) is 11.1 Å². The summed E-state index contributed by atoms with van der Waals surface area (Å²) in [5, 5.41) is 10.9. The largest absolute Gasteiger partial charge is 0.438 e. The van der Waals surface area contributed by atoms with Crippen LogP contribution in [0, 0.1) is 34.5 Å². The van der Waals surface area contributed by atoms with E-state index in [4.69, 9.17) is 14.2 Å². The van der Waals surface area contributed by atoms with Crippen LogP contribution < -0.4 is 0 Å². The van der Waals surface area contributed by atoms with Crippen LogP contribution in [0.1, 0.15) is 73.1 Å². The quantitative estimate of drug-likeness (QED) is 0.341. The molecular weight excluding hydrogens is 368 g/mol. The molecule has 3 rings (SSSR count). The zero-order valence-corrected chi connectivity index (χ0v) is 19.1. The number of methoxy groups -OCH3 is 1. The summed E-state index contributed by atoms with van der Waals surface area (Å²) in [7, 11) is 1.54. The van der Waals surface area contributed by atoms with Gasteiger partial charge in [0.2, 0.25) is 0 Å². The minimum atomic E-state index is -0.753. The Bertz CT molecular complexity index is 634. The van der Waals surface area contributed by atoms with Crippen LogP contribution in [-0.4, -0.2) is 37.9 Å². The lowest BCUT2D eigenvalue weighted by molar-refractivity contribution is -0.175. The molecule has 0 aromatic rings. The lowest BCUT2D eigenvalue weighted by Crippen LogP contribution is -2.38. The van der Waals surface area contributed by atoms with E-state index in [0.717, 1.165) is 38.5 Å². The van der Waals surface area contributed by atoms with Crippen molar-refractivity contribution in [2.24, 2.45) is 34.5 Å². The smallest absolute Gasteiger partial charge is 0.311 e. The van der Waals surface area contributed by atoms with Crippen LogP contribution in [0.5, 0.6) is 0 Å². The summed E-state index contributed by atoms with van der Waals surface area (Å²) in [6, 6.07) is 0. The van der Waals surface area contributed by atoms with Gasteiger partial charge in [0.15, 0.2) is 13.1 Å². The number of hydrogen-bond acceptors (Lipinski definition) is 5. The molecule has 0 radical (unpaired) electrons. The molecule has 0 heterocycles. The molecule has 1 fully saturated rings. The minimum absolute atomic E-state index is 0.000947. The maximum absolute atomic E-state index is 12.2. The molecule has 1 N–H and O–H groups in total. The highest BCUT2D eigenvalue weighted by Crippen LogP contribution is 2.60. The lowest BCUT2D eigenvalue weighted by Gasteiger charge is -2.38. The minimum Gasteiger partial charge on any atom is -0.438 e. The average molecular weight is 409 g/mol. The predicted molar refractivity (Wildman–Crippen MR) is 112 cm³/mol. The Balaban J connectivity index is 1.61. The highest BCUT2D eigenvalue weighted by molar-refractivity contribution is 5.73. The summed E-state index contributed by atoms with van der Waals surface area (Å²) in [6.45, 7) is 11.5. The van der Waals surface area contributed by atoms with Gasteiger partial charge in [-0.05, 0) is 67.3 Å². The fourth-order valence-electron chi connectivity index (χ4n) is 6.29. The molecule has 6 atom stereocenters. The van der Waals surface area contributed by atoms with Gasteiger partial charge >= 0.3 is 5.97 Å². The van der Waals surface area contributed by atoms with Crippen LogP contribution in [0.4, 0.5) is 0 Å². The lowest BCUT2D eigenvalue weighted by atomic mass is 9.73. The Hall–Kier alpha value is -0.910. The molecular formula is C24H40O5. The van der Waals surface area contributed by atoms with E-state index >= 15 is 0 Å². The molecule has 0 aliphatic heterocycles. The highest BCUT2D eigenvalue weighted by atomic mass is 16.7. The van der Waals surface area contributed by atoms with Crippen molar-refractivity contribution in [1.29, 1.82) is 0 Å². The molecule has 0 saturated heterocycles. The number of ether oxygens (including phenoxy) is 3. The van der Waals surface area contributed by atoms with Gasteiger partial charge in [0.25, 0.3) is 0 Å². The second-order valence-corrected chi connectivity index (χ2v) is 10.9. The molecule has 5 nitrogen and oxygen atoms in total. The van der Waals surface area contributed by atoms with Crippen molar-refractivity contribution in [2.45, 2.75) is 79.4 Å². The summed E-state index contributed by atoms with van der Waals surface area (Å²) in [6.07, 6.45) is 5.13. The van der Waals surface area contributed by atoms with E-state index in [1.54, 1.807) is 0 Å². The summed E-state index contributed by atoms with van der Waals surface area (Å²) in [4.78, 5) is 12.2. The highest BCUT2D eigenvalue weighted by Gasteiger charge is 2.52. The van der Waals surface area contributed by atoms with Crippen molar-refractivity contribution < 1.29 is 24.1 Å². The molecule has 3 aliphatic rings. The first kappa shape index (κ1) is 22.8. The van der Waals surface area contributed by atoms with Crippen molar-refractivity contribution in [3.63, 3.8) is 0 Å². The van der Waals surface area contributed by atoms with E-state index in [1.807, 2.05) is 0 Å². The van der Waals surface area contributed by atoms with Crippen LogP contribution in [0.3, 0.4) is 0 Å². The molecule has 0 spiro atoms. The number of rotatable bonds is 9. The van der Waals surface area contributed by atoms with Crippen LogP contribution in [0.2, 0.25) is 0 Å². The van der Waals surface area contributed by atoms with Gasteiger partial charge in [-0.15, -0.1) is 0 Å². The van der Waals surface area contributed by atoms with E-state index in [1.165, 1.54) is 18.3 Å². The average Bonchev–Trinajstić information content (AvgIpc) is 3.32. The van der Waals surface area contributed by atoms with Crippen molar-refractivity contribution in [2.75, 3.05) is 20.5 Å². The molecule has 1 saturated carbocycles. The van der Waals surface area contributed by atoms with Gasteiger partial charge in [0.05, 0.1) is 12.5 Å². The predicted octanol–water partition coefficient (Wildman–Crippen LogP) is 4.68. The van der Waals surface area contributed by atoms with Crippen LogP contribution in [-0.2, 0) is 19.0 Å². The van der Waals surface area contributed by atoms with Gasteiger partial charge in [0.1, 0.15) is 0 Å². The Morgan fingerprint density at radius 1 is 1.21 bits per heavy atom. The Morgan fingerprint density at radius 3 is 2.52 bits per heavy atom. The number of hydrogen-bond donors (Lipinski definition) is 1. The number of fused-ring (bicyclic) bond motifs is 4. The second-order valence-electron chi connectivity index (χ2n) is 10.9. The monoisotopic (exact) mass is 408 g/mol. The molecule has 166 valence electrons. The van der Waals surface area contributed by atoms with Crippen molar-refractivity contribution in [1.82, 2.24) is 0 Å². The second kappa shape index (κ2) is 8.68. The van der Waals surface area contributed by atoms with E-state index in [-0.39, 0.29) is 29.5 Å². The summed E-state index contributed by atoms with van der Waals surface area (Å²) in [5.41, 5.74) is 2.82. The molecule has 0 amide bonds. The van der Waals surface area contributed by atoms with E-state index in [0.29, 0.717) is 24.4 Å². The zero-order chi connectivity index (χ0) is 21.4. The van der Waals surface area contributed by atoms with Gasteiger partial charge in [0, 0.05) is 12.5 Å². The number of aliphatic hydroxyl groups is 1. The summed E-state index contributed by atoms with van der Waals surface area (Å²) in [5.74, 6) is 1.44. The van der Waals surface area contributed by atoms with Crippen molar-refractivity contribution in [3.8, 4) is 0 Å². The normalized spacial score (nSPS) is 31.7. The topological polar surface area (TPSA) is 65.0 Å². The number of allylic oxidation sites excluding steroid dienone is 1. The molecule has 29 heavy (non-hydrogen) atoms. The van der Waals surface area contributed by atoms with Crippen molar-refractivity contribution >= 4 is 5.97 Å². The first-order valence-corrected chi connectivity index (χ1v) is 11.3. The van der Waals surface area contributed by atoms with Gasteiger partial charge in [-0.3, -0.25) is 4.79 Å². The number of carbonyl (C=O) groups is 1. The number of aliphatic hydroxyl groups excluding tert-OH is 1. The first-order chi connectivity index (χ1) is 13.6. The van der Waals surface area contributed by atoms with Crippen LogP contribution in [0.25, 0.3) is 0 Å². The van der Waals surface area contributed by atoms with Crippen LogP contribution >= 0.6 is 0 Å². The summed E-state index contributed by atoms with van der Waals surface area (Å²) >= 11 is 0. The Kier molecular flexibility index (Phi) is 6.82. The third kappa shape index (κ3) is 4.72. The van der Waals surface area contributed by atoms with Gasteiger partial charge in [-0.25, -0.2) is 0 Å². The third-order valence-electron chi connectivity index (χ3n) is 7.55. The molecule has 0 aromatic heterocycles. The first-order valence-electron chi connectivity index (χ1n) is 11.3. The molecule has 5 heteroatoms. The van der Waals surface area contributed by atoms with E-state index in [9.17, 15) is 9.90 Å². The number of esters is 1. The summed E-state index contributed by atoms with van der Waals surface area (Å²) < 4.78 is 16.1. The molecule has 0 aromatic carbocycles. The van der Waals surface area contributed by atoms with Gasteiger partial charge in [-0.1, -0.05) is 40.2 Å². The third-order valence-corrected chi connectivity index (χ3v) is 7.55. The fourth-order valence-corrected chi connectivity index (χ4v) is 6.29. The zero-order valence-electron chi connectivity index (χ0n) is 19.1. The Labute approximate surface area is 176 Å². The Morgan fingerprint density at radius 2 is 1.93 bits per heavy atom.